The number of aromatic nitrogens is 1. The molecule has 0 spiro atoms. The zero-order chi connectivity index (χ0) is 14.5. The van der Waals surface area contributed by atoms with Crippen LogP contribution < -0.4 is 5.32 Å². The Morgan fingerprint density at radius 2 is 2.14 bits per heavy atom. The van der Waals surface area contributed by atoms with E-state index in [2.05, 4.69) is 47.3 Å². The molecule has 1 aromatic carbocycles. The Kier molecular flexibility index (Phi) is 4.94. The molecule has 114 valence electrons. The topological polar surface area (TPSA) is 26.2 Å². The van der Waals surface area contributed by atoms with Gasteiger partial charge >= 0.3 is 0 Å². The van der Waals surface area contributed by atoms with Gasteiger partial charge in [0.1, 0.15) is 0 Å². The van der Waals surface area contributed by atoms with Crippen LogP contribution in [0.25, 0.3) is 10.9 Å². The Morgan fingerprint density at radius 3 is 2.95 bits per heavy atom. The maximum atomic E-state index is 5.66. The number of hydrogen-bond acceptors (Lipinski definition) is 2. The van der Waals surface area contributed by atoms with E-state index in [1.54, 1.807) is 0 Å². The summed E-state index contributed by atoms with van der Waals surface area (Å²) < 4.78 is 7.95. The third kappa shape index (κ3) is 4.08. The molecule has 1 aromatic heterocycles. The van der Waals surface area contributed by atoms with E-state index in [9.17, 15) is 0 Å². The summed E-state index contributed by atoms with van der Waals surface area (Å²) in [6.45, 7) is 5.80. The van der Waals surface area contributed by atoms with Crippen molar-refractivity contribution in [1.82, 2.24) is 9.88 Å². The number of unbranched alkanes of at least 4 members (excludes halogenated alkanes) is 1. The highest BCUT2D eigenvalue weighted by molar-refractivity contribution is 5.80. The Balaban J connectivity index is 1.56. The summed E-state index contributed by atoms with van der Waals surface area (Å²) >= 11 is 0. The van der Waals surface area contributed by atoms with Crippen LogP contribution in [0.4, 0.5) is 0 Å². The van der Waals surface area contributed by atoms with E-state index in [-0.39, 0.29) is 0 Å². The van der Waals surface area contributed by atoms with Gasteiger partial charge in [0, 0.05) is 37.5 Å². The maximum Gasteiger partial charge on any atom is 0.0645 e. The van der Waals surface area contributed by atoms with Gasteiger partial charge in [-0.25, -0.2) is 0 Å². The lowest BCUT2D eigenvalue weighted by Crippen LogP contribution is -2.15. The van der Waals surface area contributed by atoms with Gasteiger partial charge in [-0.15, -0.1) is 0 Å². The average molecular weight is 286 g/mol. The van der Waals surface area contributed by atoms with Gasteiger partial charge in [0.25, 0.3) is 0 Å². The van der Waals surface area contributed by atoms with Crippen LogP contribution in [-0.4, -0.2) is 23.8 Å². The van der Waals surface area contributed by atoms with Gasteiger partial charge in [-0.2, -0.15) is 0 Å². The smallest absolute Gasteiger partial charge is 0.0645 e. The lowest BCUT2D eigenvalue weighted by atomic mass is 10.1. The predicted molar refractivity (Wildman–Crippen MR) is 87.5 cm³/mol. The second-order valence-corrected chi connectivity index (χ2v) is 6.02. The Morgan fingerprint density at radius 1 is 1.24 bits per heavy atom. The molecule has 1 N–H and O–H groups in total. The molecule has 2 aromatic rings. The summed E-state index contributed by atoms with van der Waals surface area (Å²) in [6, 6.07) is 9.77. The fourth-order valence-corrected chi connectivity index (χ4v) is 2.62. The molecule has 21 heavy (non-hydrogen) atoms. The second-order valence-electron chi connectivity index (χ2n) is 6.02. The number of nitrogens with one attached hydrogen (secondary N) is 1. The van der Waals surface area contributed by atoms with Crippen LogP contribution in [0.5, 0.6) is 0 Å². The summed E-state index contributed by atoms with van der Waals surface area (Å²) in [5, 5.41) is 4.90. The van der Waals surface area contributed by atoms with E-state index >= 15 is 0 Å². The molecule has 3 nitrogen and oxygen atoms in total. The van der Waals surface area contributed by atoms with Gasteiger partial charge in [0.2, 0.25) is 0 Å². The van der Waals surface area contributed by atoms with Crippen molar-refractivity contribution >= 4 is 10.9 Å². The number of rotatable bonds is 9. The van der Waals surface area contributed by atoms with Gasteiger partial charge in [-0.3, -0.25) is 0 Å². The zero-order valence-electron chi connectivity index (χ0n) is 13.0. The minimum atomic E-state index is 0.769. The van der Waals surface area contributed by atoms with Crippen molar-refractivity contribution < 1.29 is 4.74 Å². The van der Waals surface area contributed by atoms with Crippen LogP contribution in [0.15, 0.2) is 30.5 Å². The minimum absolute atomic E-state index is 0.769. The normalized spacial score (nSPS) is 14.9. The molecule has 0 saturated heterocycles. The molecule has 1 fully saturated rings. The molecule has 1 aliphatic carbocycles. The molecule has 3 rings (SSSR count). The first-order chi connectivity index (χ1) is 10.4. The molecule has 0 bridgehead atoms. The van der Waals surface area contributed by atoms with Gasteiger partial charge in [0.15, 0.2) is 0 Å². The van der Waals surface area contributed by atoms with Crippen LogP contribution in [0.1, 0.15) is 38.2 Å². The largest absolute Gasteiger partial charge is 0.380 e. The van der Waals surface area contributed by atoms with Crippen molar-refractivity contribution in [3.63, 3.8) is 0 Å². The predicted octanol–water partition coefficient (Wildman–Crippen LogP) is 3.71. The third-order valence-electron chi connectivity index (χ3n) is 4.13. The third-order valence-corrected chi connectivity index (χ3v) is 4.13. The highest BCUT2D eigenvalue weighted by Gasteiger charge is 2.19. The molecule has 0 aliphatic heterocycles. The molecule has 1 heterocycles. The number of nitrogens with zero attached hydrogens (tertiary/aromatic N) is 1. The average Bonchev–Trinajstić information content (AvgIpc) is 3.25. The molecule has 0 atom stereocenters. The van der Waals surface area contributed by atoms with Crippen LogP contribution in [0.3, 0.4) is 0 Å². The van der Waals surface area contributed by atoms with Gasteiger partial charge in [-0.05, 0) is 48.4 Å². The van der Waals surface area contributed by atoms with Gasteiger partial charge in [0.05, 0.1) is 6.61 Å². The van der Waals surface area contributed by atoms with Crippen molar-refractivity contribution in [3.8, 4) is 0 Å². The van der Waals surface area contributed by atoms with E-state index in [4.69, 9.17) is 4.74 Å². The molecule has 0 unspecified atom stereocenters. The van der Waals surface area contributed by atoms with Crippen LogP contribution in [-0.2, 0) is 17.8 Å². The molecule has 0 amide bonds. The minimum Gasteiger partial charge on any atom is -0.380 e. The van der Waals surface area contributed by atoms with E-state index in [1.165, 1.54) is 35.7 Å². The zero-order valence-corrected chi connectivity index (χ0v) is 13.0. The van der Waals surface area contributed by atoms with Crippen molar-refractivity contribution in [2.75, 3.05) is 13.2 Å². The van der Waals surface area contributed by atoms with E-state index in [0.717, 1.165) is 38.8 Å². The first-order valence-corrected chi connectivity index (χ1v) is 8.25. The monoisotopic (exact) mass is 286 g/mol. The molecular formula is C18H26N2O. The van der Waals surface area contributed by atoms with Crippen LogP contribution in [0.2, 0.25) is 0 Å². The number of fused-ring (bicyclic) bond motifs is 1. The summed E-state index contributed by atoms with van der Waals surface area (Å²) in [5.74, 6) is 0. The Bertz CT molecular complexity index is 572. The van der Waals surface area contributed by atoms with E-state index < -0.39 is 0 Å². The van der Waals surface area contributed by atoms with Crippen molar-refractivity contribution in [2.45, 2.75) is 51.7 Å². The maximum absolute atomic E-state index is 5.66. The van der Waals surface area contributed by atoms with Crippen molar-refractivity contribution in [3.05, 3.63) is 36.0 Å². The standard InChI is InChI=1S/C18H26N2O/c1-2-3-11-21-12-10-20-9-8-16-13-15(4-7-18(16)20)14-19-17-5-6-17/h4,7-9,13,17,19H,2-3,5-6,10-12,14H2,1H3. The molecule has 1 aliphatic rings. The van der Waals surface area contributed by atoms with Crippen LogP contribution in [0, 0.1) is 0 Å². The lowest BCUT2D eigenvalue weighted by molar-refractivity contribution is 0.124. The summed E-state index contributed by atoms with van der Waals surface area (Å²) in [5.41, 5.74) is 2.69. The van der Waals surface area contributed by atoms with Crippen molar-refractivity contribution in [1.29, 1.82) is 0 Å². The van der Waals surface area contributed by atoms with Crippen LogP contribution >= 0.6 is 0 Å². The fraction of sp³-hybridized carbons (Fsp3) is 0.556. The summed E-state index contributed by atoms with van der Waals surface area (Å²) in [6.07, 6.45) is 7.22. The SMILES string of the molecule is CCCCOCCn1ccc2cc(CNC3CC3)ccc21. The number of hydrogen-bond donors (Lipinski definition) is 1. The molecule has 3 heteroatoms. The molecule has 0 radical (unpaired) electrons. The second kappa shape index (κ2) is 7.10. The first kappa shape index (κ1) is 14.6. The van der Waals surface area contributed by atoms with E-state index in [0.29, 0.717) is 0 Å². The van der Waals surface area contributed by atoms with E-state index in [1.807, 2.05) is 0 Å². The summed E-state index contributed by atoms with van der Waals surface area (Å²) in [7, 11) is 0. The lowest BCUT2D eigenvalue weighted by Gasteiger charge is -2.08. The highest BCUT2D eigenvalue weighted by atomic mass is 16.5. The number of benzene rings is 1. The molecular weight excluding hydrogens is 260 g/mol. The number of ether oxygens (including phenoxy) is 1. The highest BCUT2D eigenvalue weighted by Crippen LogP contribution is 2.21. The summed E-state index contributed by atoms with van der Waals surface area (Å²) in [4.78, 5) is 0. The van der Waals surface area contributed by atoms with Gasteiger partial charge in [-0.1, -0.05) is 19.4 Å². The van der Waals surface area contributed by atoms with Gasteiger partial charge < -0.3 is 14.6 Å². The quantitative estimate of drug-likeness (QED) is 0.711. The van der Waals surface area contributed by atoms with Crippen molar-refractivity contribution in [2.24, 2.45) is 0 Å². The molecule has 1 saturated carbocycles. The fourth-order valence-electron chi connectivity index (χ4n) is 2.62. The Labute approximate surface area is 127 Å². The Hall–Kier alpha value is -1.32. The first-order valence-electron chi connectivity index (χ1n) is 8.25.